The number of aliphatic imine (C=N–C) groups is 1. The lowest BCUT2D eigenvalue weighted by Crippen LogP contribution is -2.46. The van der Waals surface area contributed by atoms with Crippen LogP contribution >= 0.6 is 24.0 Å². The Labute approximate surface area is 196 Å². The summed E-state index contributed by atoms with van der Waals surface area (Å²) in [4.78, 5) is 10.1. The number of unbranched alkanes of at least 4 members (excludes halogenated alkanes) is 1. The van der Waals surface area contributed by atoms with Crippen LogP contribution in [0.3, 0.4) is 0 Å². The van der Waals surface area contributed by atoms with E-state index in [-0.39, 0.29) is 24.0 Å². The maximum absolute atomic E-state index is 5.35. The minimum atomic E-state index is 0. The van der Waals surface area contributed by atoms with Crippen LogP contribution < -0.4 is 10.6 Å². The molecular weight excluding hydrogens is 477 g/mol. The molecule has 172 valence electrons. The quantitative estimate of drug-likeness (QED) is 0.178. The van der Waals surface area contributed by atoms with Crippen LogP contribution in [0.5, 0.6) is 0 Å². The van der Waals surface area contributed by atoms with Crippen molar-refractivity contribution in [2.24, 2.45) is 10.4 Å². The molecule has 1 saturated carbocycles. The van der Waals surface area contributed by atoms with Crippen molar-refractivity contribution in [1.29, 1.82) is 0 Å². The highest BCUT2D eigenvalue weighted by atomic mass is 127. The lowest BCUT2D eigenvalue weighted by atomic mass is 9.83. The van der Waals surface area contributed by atoms with E-state index >= 15 is 0 Å². The van der Waals surface area contributed by atoms with Gasteiger partial charge in [0, 0.05) is 59.5 Å². The van der Waals surface area contributed by atoms with Crippen molar-refractivity contribution in [3.8, 4) is 0 Å². The van der Waals surface area contributed by atoms with Crippen LogP contribution in [-0.4, -0.2) is 88.4 Å². The zero-order valence-corrected chi connectivity index (χ0v) is 21.5. The molecule has 2 aliphatic rings. The van der Waals surface area contributed by atoms with Crippen LogP contribution in [0.4, 0.5) is 0 Å². The van der Waals surface area contributed by atoms with E-state index in [1.165, 1.54) is 77.8 Å². The van der Waals surface area contributed by atoms with Crippen molar-refractivity contribution in [2.45, 2.75) is 58.8 Å². The molecule has 0 aromatic rings. The lowest BCUT2D eigenvalue weighted by Gasteiger charge is -2.34. The summed E-state index contributed by atoms with van der Waals surface area (Å²) in [7, 11) is 1.81. The molecule has 0 aromatic carbocycles. The summed E-state index contributed by atoms with van der Waals surface area (Å²) in [6.07, 6.45) is 8.88. The van der Waals surface area contributed by atoms with Crippen LogP contribution in [0.15, 0.2) is 4.99 Å². The molecule has 0 spiro atoms. The third-order valence-corrected chi connectivity index (χ3v) is 6.52. The van der Waals surface area contributed by atoms with Crippen molar-refractivity contribution < 1.29 is 4.74 Å². The van der Waals surface area contributed by atoms with Crippen LogP contribution in [0.2, 0.25) is 0 Å². The molecule has 0 atom stereocenters. The Hall–Kier alpha value is -0.120. The molecule has 1 heterocycles. The summed E-state index contributed by atoms with van der Waals surface area (Å²) in [5.74, 6) is 0.989. The molecule has 0 aromatic heterocycles. The fraction of sp³-hybridized carbons (Fsp3) is 0.955. The Morgan fingerprint density at radius 2 is 1.69 bits per heavy atom. The summed E-state index contributed by atoms with van der Waals surface area (Å²) >= 11 is 0. The zero-order valence-electron chi connectivity index (χ0n) is 19.2. The summed E-state index contributed by atoms with van der Waals surface area (Å²) < 4.78 is 5.35. The van der Waals surface area contributed by atoms with Gasteiger partial charge in [0.1, 0.15) is 0 Å². The number of nitrogens with zero attached hydrogens (tertiary/aromatic N) is 3. The monoisotopic (exact) mass is 523 g/mol. The molecule has 2 N–H and O–H groups in total. The number of nitrogens with one attached hydrogen (secondary N) is 2. The molecule has 1 saturated heterocycles. The number of likely N-dealkylation sites (N-methyl/N-ethyl adjacent to an activating group) is 1. The van der Waals surface area contributed by atoms with Gasteiger partial charge in [0.25, 0.3) is 0 Å². The fourth-order valence-corrected chi connectivity index (χ4v) is 4.52. The molecule has 1 aliphatic carbocycles. The number of piperazine rings is 1. The number of methoxy groups -OCH3 is 1. The summed E-state index contributed by atoms with van der Waals surface area (Å²) in [5, 5.41) is 6.98. The third-order valence-electron chi connectivity index (χ3n) is 6.52. The molecule has 2 rings (SSSR count). The van der Waals surface area contributed by atoms with Crippen molar-refractivity contribution in [3.05, 3.63) is 0 Å². The number of rotatable bonds is 12. The maximum Gasteiger partial charge on any atom is 0.191 e. The average molecular weight is 524 g/mol. The van der Waals surface area contributed by atoms with Gasteiger partial charge in [-0.3, -0.25) is 4.99 Å². The zero-order chi connectivity index (χ0) is 20.1. The van der Waals surface area contributed by atoms with Crippen LogP contribution in [0.25, 0.3) is 0 Å². The number of hydrogen-bond donors (Lipinski definition) is 2. The highest BCUT2D eigenvalue weighted by Crippen LogP contribution is 2.41. The molecule has 0 radical (unpaired) electrons. The van der Waals surface area contributed by atoms with E-state index in [9.17, 15) is 0 Å². The largest absolute Gasteiger partial charge is 0.385 e. The second-order valence-electron chi connectivity index (χ2n) is 8.55. The maximum atomic E-state index is 5.35. The highest BCUT2D eigenvalue weighted by Gasteiger charge is 2.33. The highest BCUT2D eigenvalue weighted by molar-refractivity contribution is 14.0. The lowest BCUT2D eigenvalue weighted by molar-refractivity contribution is 0.136. The number of hydrogen-bond acceptors (Lipinski definition) is 4. The molecule has 29 heavy (non-hydrogen) atoms. The van der Waals surface area contributed by atoms with Gasteiger partial charge in [0.15, 0.2) is 5.96 Å². The van der Waals surface area contributed by atoms with E-state index in [0.29, 0.717) is 5.41 Å². The van der Waals surface area contributed by atoms with Crippen molar-refractivity contribution in [3.63, 3.8) is 0 Å². The van der Waals surface area contributed by atoms with Gasteiger partial charge in [-0.15, -0.1) is 24.0 Å². The molecule has 7 heteroatoms. The summed E-state index contributed by atoms with van der Waals surface area (Å²) in [6, 6.07) is 0. The van der Waals surface area contributed by atoms with Gasteiger partial charge in [-0.2, -0.15) is 0 Å². The Bertz CT molecular complexity index is 435. The molecular formula is C22H46IN5O. The average Bonchev–Trinajstić information content (AvgIpc) is 3.20. The van der Waals surface area contributed by atoms with Crippen molar-refractivity contribution >= 4 is 29.9 Å². The first-order valence-electron chi connectivity index (χ1n) is 11.7. The second-order valence-corrected chi connectivity index (χ2v) is 8.55. The van der Waals surface area contributed by atoms with Crippen LogP contribution in [0, 0.1) is 5.41 Å². The van der Waals surface area contributed by atoms with Crippen molar-refractivity contribution in [2.75, 3.05) is 72.6 Å². The number of guanidine groups is 1. The minimum Gasteiger partial charge on any atom is -0.385 e. The van der Waals surface area contributed by atoms with E-state index in [4.69, 9.17) is 9.73 Å². The predicted molar refractivity (Wildman–Crippen MR) is 135 cm³/mol. The Kier molecular flexibility index (Phi) is 14.5. The Morgan fingerprint density at radius 1 is 1.00 bits per heavy atom. The third kappa shape index (κ3) is 10.2. The van der Waals surface area contributed by atoms with Crippen molar-refractivity contribution in [1.82, 2.24) is 20.4 Å². The normalized spacial score (nSPS) is 20.4. The molecule has 2 fully saturated rings. The number of halogens is 1. The fourth-order valence-electron chi connectivity index (χ4n) is 4.52. The van der Waals surface area contributed by atoms with Gasteiger partial charge >= 0.3 is 0 Å². The van der Waals surface area contributed by atoms with E-state index in [0.717, 1.165) is 38.6 Å². The number of ether oxygens (including phenoxy) is 1. The molecule has 0 unspecified atom stereocenters. The molecule has 6 nitrogen and oxygen atoms in total. The van der Waals surface area contributed by atoms with E-state index < -0.39 is 0 Å². The van der Waals surface area contributed by atoms with E-state index in [2.05, 4.69) is 34.3 Å². The first kappa shape index (κ1) is 26.9. The molecule has 1 aliphatic heterocycles. The Balaban J connectivity index is 0.00000420. The molecule has 0 amide bonds. The van der Waals surface area contributed by atoms with Gasteiger partial charge in [-0.05, 0) is 57.5 Å². The van der Waals surface area contributed by atoms with Gasteiger partial charge < -0.3 is 25.2 Å². The van der Waals surface area contributed by atoms with Gasteiger partial charge in [0.05, 0.1) is 0 Å². The first-order valence-corrected chi connectivity index (χ1v) is 11.7. The molecule has 0 bridgehead atoms. The first-order chi connectivity index (χ1) is 13.7. The Morgan fingerprint density at radius 3 is 2.31 bits per heavy atom. The van der Waals surface area contributed by atoms with E-state index in [1.54, 1.807) is 7.11 Å². The SMILES string of the molecule is CCNC(=NCC1(CCOC)CCCC1)NCCCCN1CCN(CC)CC1.I. The minimum absolute atomic E-state index is 0. The topological polar surface area (TPSA) is 52.1 Å². The van der Waals surface area contributed by atoms with Gasteiger partial charge in [-0.1, -0.05) is 19.8 Å². The van der Waals surface area contributed by atoms with Gasteiger partial charge in [-0.25, -0.2) is 0 Å². The predicted octanol–water partition coefficient (Wildman–Crippen LogP) is 3.17. The smallest absolute Gasteiger partial charge is 0.191 e. The standard InChI is InChI=1S/C22H45N5O.HI/c1-4-23-21(25-20-22(12-19-28-3)10-6-7-11-22)24-13-8-9-14-27-17-15-26(5-2)16-18-27;/h4-20H2,1-3H3,(H2,23,24,25);1H. The van der Waals surface area contributed by atoms with E-state index in [1.807, 2.05) is 0 Å². The van der Waals surface area contributed by atoms with Gasteiger partial charge in [0.2, 0.25) is 0 Å². The second kappa shape index (κ2) is 15.6. The van der Waals surface area contributed by atoms with Crippen LogP contribution in [-0.2, 0) is 4.74 Å². The van der Waals surface area contributed by atoms with Crippen LogP contribution in [0.1, 0.15) is 58.8 Å². The summed E-state index contributed by atoms with van der Waals surface area (Å²) in [5.41, 5.74) is 0.360. The summed E-state index contributed by atoms with van der Waals surface area (Å²) in [6.45, 7) is 15.5.